The minimum absolute atomic E-state index is 0.000484. The average Bonchev–Trinajstić information content (AvgIpc) is 2.28. The van der Waals surface area contributed by atoms with E-state index in [1.54, 1.807) is 0 Å². The van der Waals surface area contributed by atoms with Gasteiger partial charge >= 0.3 is 0 Å². The number of benzene rings is 1. The molecular formula is C10H14FN3O3S. The Balaban J connectivity index is 3.26. The molecule has 1 aromatic rings. The molecule has 0 saturated heterocycles. The quantitative estimate of drug-likeness (QED) is 0.732. The molecule has 1 aromatic carbocycles. The van der Waals surface area contributed by atoms with Gasteiger partial charge in [0.1, 0.15) is 10.7 Å². The molecule has 0 saturated carbocycles. The topological polar surface area (TPSA) is 106 Å². The Morgan fingerprint density at radius 1 is 1.44 bits per heavy atom. The predicted molar refractivity (Wildman–Crippen MR) is 64.4 cm³/mol. The monoisotopic (exact) mass is 275 g/mol. The molecule has 8 heteroatoms. The standard InChI is InChI=1S/C10H14FN3O3S/c1-2-14(6-10(13)15)18(16,17)9-5-7(12)3-4-8(9)11/h3-5H,2,6,12H2,1H3,(H2,13,15). The largest absolute Gasteiger partial charge is 0.399 e. The highest BCUT2D eigenvalue weighted by Crippen LogP contribution is 2.21. The zero-order valence-corrected chi connectivity index (χ0v) is 10.6. The van der Waals surface area contributed by atoms with Crippen LogP contribution in [0.4, 0.5) is 10.1 Å². The number of sulfonamides is 1. The van der Waals surface area contributed by atoms with Crippen molar-refractivity contribution >= 4 is 21.6 Å². The predicted octanol–water partition coefficient (Wildman–Crippen LogP) is -0.0962. The fourth-order valence-electron chi connectivity index (χ4n) is 1.40. The fraction of sp³-hybridized carbons (Fsp3) is 0.300. The van der Waals surface area contributed by atoms with Gasteiger partial charge in [-0.1, -0.05) is 6.92 Å². The molecule has 0 atom stereocenters. The molecule has 0 unspecified atom stereocenters. The summed E-state index contributed by atoms with van der Waals surface area (Å²) in [6, 6.07) is 3.22. The molecule has 1 amide bonds. The molecule has 0 aliphatic heterocycles. The van der Waals surface area contributed by atoms with Crippen LogP contribution in [0.25, 0.3) is 0 Å². The van der Waals surface area contributed by atoms with Gasteiger partial charge in [0.2, 0.25) is 15.9 Å². The van der Waals surface area contributed by atoms with Crippen LogP contribution in [0.3, 0.4) is 0 Å². The van der Waals surface area contributed by atoms with Crippen LogP contribution in [-0.4, -0.2) is 31.7 Å². The Morgan fingerprint density at radius 2 is 2.06 bits per heavy atom. The summed E-state index contributed by atoms with van der Waals surface area (Å²) in [7, 11) is -4.12. The third-order valence-electron chi connectivity index (χ3n) is 2.26. The van der Waals surface area contributed by atoms with Crippen molar-refractivity contribution in [2.24, 2.45) is 5.73 Å². The first-order valence-electron chi connectivity index (χ1n) is 5.12. The van der Waals surface area contributed by atoms with Gasteiger partial charge in [0.05, 0.1) is 6.54 Å². The highest BCUT2D eigenvalue weighted by Gasteiger charge is 2.27. The van der Waals surface area contributed by atoms with Crippen LogP contribution in [0.5, 0.6) is 0 Å². The second-order valence-corrected chi connectivity index (χ2v) is 5.49. The molecule has 1 rings (SSSR count). The third-order valence-corrected chi connectivity index (χ3v) is 4.19. The van der Waals surface area contributed by atoms with Crippen molar-refractivity contribution in [3.8, 4) is 0 Å². The number of primary amides is 1. The number of nitrogen functional groups attached to an aromatic ring is 1. The number of amides is 1. The zero-order valence-electron chi connectivity index (χ0n) is 9.76. The number of anilines is 1. The minimum atomic E-state index is -4.12. The maximum Gasteiger partial charge on any atom is 0.246 e. The fourth-order valence-corrected chi connectivity index (χ4v) is 2.91. The van der Waals surface area contributed by atoms with E-state index < -0.39 is 33.2 Å². The number of likely N-dealkylation sites (N-methyl/N-ethyl adjacent to an activating group) is 1. The lowest BCUT2D eigenvalue weighted by Crippen LogP contribution is -2.38. The first-order valence-corrected chi connectivity index (χ1v) is 6.56. The summed E-state index contributed by atoms with van der Waals surface area (Å²) < 4.78 is 38.5. The smallest absolute Gasteiger partial charge is 0.246 e. The molecule has 0 aromatic heterocycles. The SMILES string of the molecule is CCN(CC(N)=O)S(=O)(=O)c1cc(N)ccc1F. The molecule has 0 bridgehead atoms. The summed E-state index contributed by atoms with van der Waals surface area (Å²) in [5.41, 5.74) is 10.5. The number of carbonyl (C=O) groups excluding carboxylic acids is 1. The van der Waals surface area contributed by atoms with Crippen LogP contribution in [0, 0.1) is 5.82 Å². The summed E-state index contributed by atoms with van der Waals surface area (Å²) >= 11 is 0. The second kappa shape index (κ2) is 5.32. The highest BCUT2D eigenvalue weighted by atomic mass is 32.2. The van der Waals surface area contributed by atoms with Crippen LogP contribution >= 0.6 is 0 Å². The van der Waals surface area contributed by atoms with E-state index in [1.807, 2.05) is 0 Å². The number of carbonyl (C=O) groups is 1. The average molecular weight is 275 g/mol. The van der Waals surface area contributed by atoms with Crippen molar-refractivity contribution < 1.29 is 17.6 Å². The number of rotatable bonds is 5. The normalized spacial score (nSPS) is 11.7. The van der Waals surface area contributed by atoms with Crippen LogP contribution in [0.15, 0.2) is 23.1 Å². The first kappa shape index (κ1) is 14.4. The van der Waals surface area contributed by atoms with E-state index in [1.165, 1.54) is 13.0 Å². The van der Waals surface area contributed by atoms with Gasteiger partial charge in [-0.15, -0.1) is 0 Å². The van der Waals surface area contributed by atoms with Crippen LogP contribution in [0.2, 0.25) is 0 Å². The summed E-state index contributed by atoms with van der Waals surface area (Å²) in [4.78, 5) is 10.2. The van der Waals surface area contributed by atoms with Crippen molar-refractivity contribution in [1.29, 1.82) is 0 Å². The Morgan fingerprint density at radius 3 is 2.56 bits per heavy atom. The molecule has 0 fully saturated rings. The third kappa shape index (κ3) is 2.96. The number of hydrogen-bond acceptors (Lipinski definition) is 4. The van der Waals surface area contributed by atoms with E-state index in [2.05, 4.69) is 0 Å². The summed E-state index contributed by atoms with van der Waals surface area (Å²) in [6.07, 6.45) is 0. The number of hydrogen-bond donors (Lipinski definition) is 2. The summed E-state index contributed by atoms with van der Waals surface area (Å²) in [5.74, 6) is -1.74. The molecule has 4 N–H and O–H groups in total. The van der Waals surface area contributed by atoms with Crippen LogP contribution in [0.1, 0.15) is 6.92 Å². The summed E-state index contributed by atoms with van der Waals surface area (Å²) in [6.45, 7) is 1.01. The highest BCUT2D eigenvalue weighted by molar-refractivity contribution is 7.89. The van der Waals surface area contributed by atoms with Gasteiger partial charge in [0.15, 0.2) is 0 Å². The zero-order chi connectivity index (χ0) is 13.9. The van der Waals surface area contributed by atoms with Gasteiger partial charge < -0.3 is 11.5 Å². The van der Waals surface area contributed by atoms with Gasteiger partial charge in [0.25, 0.3) is 0 Å². The van der Waals surface area contributed by atoms with E-state index in [-0.39, 0.29) is 12.2 Å². The molecule has 0 aliphatic carbocycles. The molecule has 0 spiro atoms. The van der Waals surface area contributed by atoms with Crippen molar-refractivity contribution in [2.45, 2.75) is 11.8 Å². The minimum Gasteiger partial charge on any atom is -0.399 e. The van der Waals surface area contributed by atoms with Crippen molar-refractivity contribution in [3.63, 3.8) is 0 Å². The Bertz CT molecular complexity index is 559. The van der Waals surface area contributed by atoms with Gasteiger partial charge in [-0.2, -0.15) is 4.31 Å². The lowest BCUT2D eigenvalue weighted by Gasteiger charge is -2.19. The molecule has 0 aliphatic rings. The van der Waals surface area contributed by atoms with E-state index in [4.69, 9.17) is 11.5 Å². The van der Waals surface area contributed by atoms with E-state index in [9.17, 15) is 17.6 Å². The molecule has 6 nitrogen and oxygen atoms in total. The molecule has 100 valence electrons. The number of nitrogens with zero attached hydrogens (tertiary/aromatic N) is 1. The van der Waals surface area contributed by atoms with Crippen molar-refractivity contribution in [3.05, 3.63) is 24.0 Å². The van der Waals surface area contributed by atoms with E-state index >= 15 is 0 Å². The summed E-state index contributed by atoms with van der Waals surface area (Å²) in [5, 5.41) is 0. The Kier molecular flexibility index (Phi) is 4.25. The number of nitrogens with two attached hydrogens (primary N) is 2. The lowest BCUT2D eigenvalue weighted by atomic mass is 10.3. The Hall–Kier alpha value is -1.67. The van der Waals surface area contributed by atoms with Gasteiger partial charge in [-0.3, -0.25) is 4.79 Å². The maximum atomic E-state index is 13.5. The molecule has 0 radical (unpaired) electrons. The van der Waals surface area contributed by atoms with E-state index in [0.29, 0.717) is 0 Å². The van der Waals surface area contributed by atoms with Gasteiger partial charge in [-0.05, 0) is 18.2 Å². The van der Waals surface area contributed by atoms with Crippen LogP contribution < -0.4 is 11.5 Å². The molecule has 0 heterocycles. The van der Waals surface area contributed by atoms with Gasteiger partial charge in [0, 0.05) is 12.2 Å². The van der Waals surface area contributed by atoms with Crippen LogP contribution in [-0.2, 0) is 14.8 Å². The van der Waals surface area contributed by atoms with Crippen molar-refractivity contribution in [2.75, 3.05) is 18.8 Å². The van der Waals surface area contributed by atoms with E-state index in [0.717, 1.165) is 16.4 Å². The van der Waals surface area contributed by atoms with Gasteiger partial charge in [-0.25, -0.2) is 12.8 Å². The molecule has 18 heavy (non-hydrogen) atoms. The first-order chi connectivity index (χ1) is 8.28. The maximum absolute atomic E-state index is 13.5. The second-order valence-electron chi connectivity index (χ2n) is 3.59. The Labute approximate surface area is 104 Å². The lowest BCUT2D eigenvalue weighted by molar-refractivity contribution is -0.118. The van der Waals surface area contributed by atoms with Crippen molar-refractivity contribution in [1.82, 2.24) is 4.31 Å². The molecular weight excluding hydrogens is 261 g/mol. The number of halogens is 1.